The number of fused-ring (bicyclic) bond motifs is 1. The van der Waals surface area contributed by atoms with Gasteiger partial charge in [0.2, 0.25) is 0 Å². The highest BCUT2D eigenvalue weighted by molar-refractivity contribution is 7.87. The van der Waals surface area contributed by atoms with Crippen LogP contribution in [0.5, 0.6) is 5.75 Å². The van der Waals surface area contributed by atoms with Gasteiger partial charge in [0.25, 0.3) is 0 Å². The van der Waals surface area contributed by atoms with E-state index in [0.717, 1.165) is 10.9 Å². The SMILES string of the molecule is Cc1c(C)c2ccc(OS(=O)(=O)CC(C)C)cc2oc1=O. The summed E-state index contributed by atoms with van der Waals surface area (Å²) in [5.41, 5.74) is 1.25. The number of hydrogen-bond acceptors (Lipinski definition) is 5. The fourth-order valence-corrected chi connectivity index (χ4v) is 3.35. The van der Waals surface area contributed by atoms with Crippen LogP contribution in [-0.2, 0) is 10.1 Å². The molecule has 0 saturated carbocycles. The van der Waals surface area contributed by atoms with E-state index in [-0.39, 0.29) is 17.4 Å². The molecular formula is C15H18O5S. The molecule has 1 aromatic carbocycles. The Morgan fingerprint density at radius 1 is 1.19 bits per heavy atom. The second-order valence-corrected chi connectivity index (χ2v) is 7.11. The van der Waals surface area contributed by atoms with Crippen molar-refractivity contribution in [2.45, 2.75) is 27.7 Å². The molecule has 5 nitrogen and oxygen atoms in total. The van der Waals surface area contributed by atoms with E-state index in [1.165, 1.54) is 6.07 Å². The van der Waals surface area contributed by atoms with Crippen LogP contribution in [0.15, 0.2) is 27.4 Å². The third-order valence-corrected chi connectivity index (χ3v) is 4.71. The van der Waals surface area contributed by atoms with Gasteiger partial charge in [0.05, 0.1) is 5.75 Å². The number of aryl methyl sites for hydroxylation is 1. The van der Waals surface area contributed by atoms with E-state index >= 15 is 0 Å². The van der Waals surface area contributed by atoms with Gasteiger partial charge in [-0.3, -0.25) is 0 Å². The molecule has 0 aliphatic carbocycles. The van der Waals surface area contributed by atoms with E-state index in [1.54, 1.807) is 32.9 Å². The molecule has 1 aromatic heterocycles. The van der Waals surface area contributed by atoms with Crippen molar-refractivity contribution in [3.63, 3.8) is 0 Å². The fourth-order valence-electron chi connectivity index (χ4n) is 2.07. The lowest BCUT2D eigenvalue weighted by Crippen LogP contribution is -2.17. The van der Waals surface area contributed by atoms with Crippen LogP contribution in [-0.4, -0.2) is 14.2 Å². The van der Waals surface area contributed by atoms with Gasteiger partial charge >= 0.3 is 15.7 Å². The Kier molecular flexibility index (Phi) is 4.09. The summed E-state index contributed by atoms with van der Waals surface area (Å²) in [7, 11) is -3.65. The molecule has 1 heterocycles. The Hall–Kier alpha value is -1.82. The van der Waals surface area contributed by atoms with Gasteiger partial charge in [0.1, 0.15) is 11.3 Å². The summed E-state index contributed by atoms with van der Waals surface area (Å²) in [6.45, 7) is 7.11. The summed E-state index contributed by atoms with van der Waals surface area (Å²) in [6, 6.07) is 4.69. The van der Waals surface area contributed by atoms with Crippen molar-refractivity contribution in [1.29, 1.82) is 0 Å². The summed E-state index contributed by atoms with van der Waals surface area (Å²) in [4.78, 5) is 11.7. The van der Waals surface area contributed by atoms with Crippen LogP contribution in [0.25, 0.3) is 11.0 Å². The van der Waals surface area contributed by atoms with Gasteiger partial charge < -0.3 is 8.60 Å². The minimum atomic E-state index is -3.65. The van der Waals surface area contributed by atoms with Gasteiger partial charge in [-0.05, 0) is 37.5 Å². The van der Waals surface area contributed by atoms with Gasteiger partial charge in [-0.15, -0.1) is 0 Å². The van der Waals surface area contributed by atoms with E-state index in [1.807, 2.05) is 6.92 Å². The normalized spacial score (nSPS) is 12.0. The van der Waals surface area contributed by atoms with E-state index in [2.05, 4.69) is 0 Å². The Bertz CT molecular complexity index is 831. The summed E-state index contributed by atoms with van der Waals surface area (Å²) in [6.07, 6.45) is 0. The molecule has 0 N–H and O–H groups in total. The molecule has 0 bridgehead atoms. The van der Waals surface area contributed by atoms with Crippen LogP contribution in [0.4, 0.5) is 0 Å². The molecule has 0 saturated heterocycles. The number of rotatable bonds is 4. The molecule has 0 unspecified atom stereocenters. The molecule has 0 radical (unpaired) electrons. The van der Waals surface area contributed by atoms with Gasteiger partial charge in [-0.1, -0.05) is 13.8 Å². The number of hydrogen-bond donors (Lipinski definition) is 0. The van der Waals surface area contributed by atoms with E-state index in [9.17, 15) is 13.2 Å². The molecule has 0 fully saturated rings. The molecule has 0 aliphatic rings. The zero-order valence-electron chi connectivity index (χ0n) is 12.5. The predicted octanol–water partition coefficient (Wildman–Crippen LogP) is 2.77. The third-order valence-electron chi connectivity index (χ3n) is 3.19. The Labute approximate surface area is 123 Å². The van der Waals surface area contributed by atoms with Crippen molar-refractivity contribution >= 4 is 21.1 Å². The van der Waals surface area contributed by atoms with E-state index < -0.39 is 15.7 Å². The monoisotopic (exact) mass is 310 g/mol. The second-order valence-electron chi connectivity index (χ2n) is 5.50. The summed E-state index contributed by atoms with van der Waals surface area (Å²) < 4.78 is 33.9. The molecule has 0 amide bonds. The zero-order chi connectivity index (χ0) is 15.8. The van der Waals surface area contributed by atoms with Crippen molar-refractivity contribution in [3.8, 4) is 5.75 Å². The Morgan fingerprint density at radius 2 is 1.86 bits per heavy atom. The quantitative estimate of drug-likeness (QED) is 0.641. The van der Waals surface area contributed by atoms with Crippen molar-refractivity contribution < 1.29 is 17.0 Å². The topological polar surface area (TPSA) is 73.6 Å². The lowest BCUT2D eigenvalue weighted by atomic mass is 10.1. The van der Waals surface area contributed by atoms with Crippen molar-refractivity contribution in [1.82, 2.24) is 0 Å². The maximum absolute atomic E-state index is 11.8. The predicted molar refractivity (Wildman–Crippen MR) is 81.2 cm³/mol. The molecule has 6 heteroatoms. The van der Waals surface area contributed by atoms with Gasteiger partial charge in [-0.2, -0.15) is 8.42 Å². The second kappa shape index (κ2) is 5.52. The molecule has 2 rings (SSSR count). The van der Waals surface area contributed by atoms with Gasteiger partial charge in [0, 0.05) is 17.0 Å². The minimum absolute atomic E-state index is 0.0294. The molecule has 114 valence electrons. The Morgan fingerprint density at radius 3 is 2.48 bits per heavy atom. The van der Waals surface area contributed by atoms with Gasteiger partial charge in [-0.25, -0.2) is 4.79 Å². The van der Waals surface area contributed by atoms with Gasteiger partial charge in [0.15, 0.2) is 0 Å². The van der Waals surface area contributed by atoms with Crippen molar-refractivity contribution in [3.05, 3.63) is 39.7 Å². The maximum Gasteiger partial charge on any atom is 0.339 e. The number of benzene rings is 1. The first kappa shape index (κ1) is 15.6. The zero-order valence-corrected chi connectivity index (χ0v) is 13.3. The largest absolute Gasteiger partial charge is 0.422 e. The lowest BCUT2D eigenvalue weighted by molar-refractivity contribution is 0.476. The highest BCUT2D eigenvalue weighted by Gasteiger charge is 2.16. The molecule has 21 heavy (non-hydrogen) atoms. The summed E-state index contributed by atoms with van der Waals surface area (Å²) >= 11 is 0. The van der Waals surface area contributed by atoms with Crippen LogP contribution < -0.4 is 9.81 Å². The maximum atomic E-state index is 11.8. The lowest BCUT2D eigenvalue weighted by Gasteiger charge is -2.10. The van der Waals surface area contributed by atoms with Crippen molar-refractivity contribution in [2.75, 3.05) is 5.75 Å². The Balaban J connectivity index is 2.45. The summed E-state index contributed by atoms with van der Waals surface area (Å²) in [5, 5.41) is 0.765. The van der Waals surface area contributed by atoms with Crippen LogP contribution >= 0.6 is 0 Å². The van der Waals surface area contributed by atoms with Crippen LogP contribution in [0.2, 0.25) is 0 Å². The van der Waals surface area contributed by atoms with E-state index in [0.29, 0.717) is 11.1 Å². The molecule has 2 aromatic rings. The first-order valence-electron chi connectivity index (χ1n) is 6.66. The fraction of sp³-hybridized carbons (Fsp3) is 0.400. The summed E-state index contributed by atoms with van der Waals surface area (Å²) in [5.74, 6) is 0.0508. The average Bonchev–Trinajstić information content (AvgIpc) is 2.33. The first-order chi connectivity index (χ1) is 9.69. The van der Waals surface area contributed by atoms with Crippen LogP contribution in [0.1, 0.15) is 25.0 Å². The highest BCUT2D eigenvalue weighted by Crippen LogP contribution is 2.25. The molecular weight excluding hydrogens is 292 g/mol. The van der Waals surface area contributed by atoms with Crippen molar-refractivity contribution in [2.24, 2.45) is 5.92 Å². The molecule has 0 spiro atoms. The molecule has 0 aliphatic heterocycles. The minimum Gasteiger partial charge on any atom is -0.422 e. The van der Waals surface area contributed by atoms with E-state index in [4.69, 9.17) is 8.60 Å². The van der Waals surface area contributed by atoms with Crippen LogP contribution in [0, 0.1) is 19.8 Å². The first-order valence-corrected chi connectivity index (χ1v) is 8.23. The van der Waals surface area contributed by atoms with Crippen LogP contribution in [0.3, 0.4) is 0 Å². The highest BCUT2D eigenvalue weighted by atomic mass is 32.2. The molecule has 0 atom stereocenters. The smallest absolute Gasteiger partial charge is 0.339 e. The standard InChI is InChI=1S/C15H18O5S/c1-9(2)8-21(17,18)20-12-5-6-13-10(3)11(4)15(16)19-14(13)7-12/h5-7,9H,8H2,1-4H3. The average molecular weight is 310 g/mol. The third kappa shape index (κ3) is 3.44.